The Morgan fingerprint density at radius 3 is 1.48 bits per heavy atom. The Balaban J connectivity index is 2.25. The van der Waals surface area contributed by atoms with Gasteiger partial charge in [-0.1, -0.05) is 58.5 Å². The highest BCUT2D eigenvalue weighted by molar-refractivity contribution is 6.44. The largest absolute Gasteiger partial charge is 0.386 e. The van der Waals surface area contributed by atoms with Gasteiger partial charge in [0.15, 0.2) is 0 Å². The maximum atomic E-state index is 11.9. The minimum atomic E-state index is -0.927. The number of hydrogen-bond acceptors (Lipinski definition) is 3. The van der Waals surface area contributed by atoms with Crippen LogP contribution in [0.5, 0.6) is 0 Å². The molecule has 2 aromatic rings. The highest BCUT2D eigenvalue weighted by atomic mass is 35.5. The van der Waals surface area contributed by atoms with Crippen LogP contribution in [0.25, 0.3) is 0 Å². The summed E-state index contributed by atoms with van der Waals surface area (Å²) in [5.74, 6) is -1.85. The Morgan fingerprint density at radius 2 is 1.10 bits per heavy atom. The van der Waals surface area contributed by atoms with Crippen LogP contribution >= 0.6 is 46.4 Å². The van der Waals surface area contributed by atoms with Crippen molar-refractivity contribution in [2.75, 3.05) is 0 Å². The van der Waals surface area contributed by atoms with Crippen molar-refractivity contribution < 1.29 is 14.3 Å². The number of hydrogen-bond donors (Lipinski definition) is 0. The Hall–Kier alpha value is -1.26. The average Bonchev–Trinajstić information content (AvgIpc) is 2.44. The molecule has 0 atom stereocenters. The number of carbonyl (C=O) groups excluding carboxylic acids is 2. The molecule has 0 aliphatic rings. The van der Waals surface area contributed by atoms with E-state index in [1.165, 1.54) is 36.4 Å². The first-order valence-corrected chi connectivity index (χ1v) is 7.07. The van der Waals surface area contributed by atoms with Crippen molar-refractivity contribution in [1.29, 1.82) is 0 Å². The molecule has 0 saturated carbocycles. The molecule has 0 bridgehead atoms. The van der Waals surface area contributed by atoms with Crippen molar-refractivity contribution in [3.8, 4) is 0 Å². The highest BCUT2D eigenvalue weighted by Gasteiger charge is 2.21. The van der Waals surface area contributed by atoms with Crippen LogP contribution in [0.2, 0.25) is 20.1 Å². The lowest BCUT2D eigenvalue weighted by Gasteiger charge is -2.07. The topological polar surface area (TPSA) is 43.4 Å². The van der Waals surface area contributed by atoms with Crippen molar-refractivity contribution in [2.24, 2.45) is 0 Å². The van der Waals surface area contributed by atoms with E-state index in [0.717, 1.165) is 0 Å². The molecule has 0 heterocycles. The van der Waals surface area contributed by atoms with Gasteiger partial charge < -0.3 is 4.74 Å². The van der Waals surface area contributed by atoms with Gasteiger partial charge in [-0.2, -0.15) is 0 Å². The second kappa shape index (κ2) is 6.67. The Kier molecular flexibility index (Phi) is 5.12. The maximum absolute atomic E-state index is 11.9. The van der Waals surface area contributed by atoms with Crippen molar-refractivity contribution in [1.82, 2.24) is 0 Å². The van der Waals surface area contributed by atoms with Gasteiger partial charge in [0, 0.05) is 0 Å². The van der Waals surface area contributed by atoms with Gasteiger partial charge in [0.05, 0.1) is 31.2 Å². The number of esters is 2. The molecule has 0 N–H and O–H groups in total. The van der Waals surface area contributed by atoms with E-state index in [-0.39, 0.29) is 31.2 Å². The van der Waals surface area contributed by atoms with Crippen LogP contribution in [-0.2, 0) is 4.74 Å². The fraction of sp³-hybridized carbons (Fsp3) is 0. The lowest BCUT2D eigenvalue weighted by Crippen LogP contribution is -2.13. The van der Waals surface area contributed by atoms with E-state index in [0.29, 0.717) is 0 Å². The monoisotopic (exact) mass is 362 g/mol. The number of rotatable bonds is 2. The van der Waals surface area contributed by atoms with Gasteiger partial charge >= 0.3 is 11.9 Å². The van der Waals surface area contributed by atoms with Gasteiger partial charge in [-0.15, -0.1) is 0 Å². The van der Waals surface area contributed by atoms with E-state index >= 15 is 0 Å². The SMILES string of the molecule is O=C(OC(=O)c1cccc(Cl)c1Cl)c1cccc(Cl)c1Cl. The second-order valence-electron chi connectivity index (χ2n) is 3.88. The Bertz CT molecular complexity index is 667. The van der Waals surface area contributed by atoms with Crippen LogP contribution in [0.15, 0.2) is 36.4 Å². The summed E-state index contributed by atoms with van der Waals surface area (Å²) in [5.41, 5.74) is -0.0358. The quantitative estimate of drug-likeness (QED) is 0.537. The summed E-state index contributed by atoms with van der Waals surface area (Å²) in [6.07, 6.45) is 0. The molecule has 2 aromatic carbocycles. The molecule has 108 valence electrons. The molecule has 0 aliphatic heterocycles. The van der Waals surface area contributed by atoms with Crippen LogP contribution in [0, 0.1) is 0 Å². The minimum Gasteiger partial charge on any atom is -0.386 e. The van der Waals surface area contributed by atoms with E-state index in [4.69, 9.17) is 51.1 Å². The first kappa shape index (κ1) is 16.1. The smallest absolute Gasteiger partial charge is 0.347 e. The summed E-state index contributed by atoms with van der Waals surface area (Å²) < 4.78 is 4.73. The third kappa shape index (κ3) is 3.50. The Labute approximate surface area is 140 Å². The first-order valence-electron chi connectivity index (χ1n) is 5.56. The molecule has 3 nitrogen and oxygen atoms in total. The normalized spacial score (nSPS) is 10.3. The van der Waals surface area contributed by atoms with Gasteiger partial charge in [0.25, 0.3) is 0 Å². The molecule has 0 unspecified atom stereocenters. The molecular weight excluding hydrogens is 358 g/mol. The zero-order valence-electron chi connectivity index (χ0n) is 10.2. The fourth-order valence-corrected chi connectivity index (χ4v) is 2.27. The van der Waals surface area contributed by atoms with Gasteiger partial charge in [0.1, 0.15) is 0 Å². The van der Waals surface area contributed by atoms with Crippen LogP contribution in [0.1, 0.15) is 20.7 Å². The molecule has 0 spiro atoms. The van der Waals surface area contributed by atoms with Crippen LogP contribution in [0.4, 0.5) is 0 Å². The molecule has 0 saturated heterocycles. The molecular formula is C14H6Cl4O3. The van der Waals surface area contributed by atoms with E-state index in [1.54, 1.807) is 0 Å². The molecule has 21 heavy (non-hydrogen) atoms. The summed E-state index contributed by atoms with van der Waals surface area (Å²) in [6, 6.07) is 8.84. The minimum absolute atomic E-state index is 0.00848. The van der Waals surface area contributed by atoms with Crippen molar-refractivity contribution in [3.63, 3.8) is 0 Å². The highest BCUT2D eigenvalue weighted by Crippen LogP contribution is 2.28. The van der Waals surface area contributed by atoms with Gasteiger partial charge in [-0.05, 0) is 24.3 Å². The summed E-state index contributed by atoms with van der Waals surface area (Å²) >= 11 is 23.4. The van der Waals surface area contributed by atoms with Gasteiger partial charge in [-0.25, -0.2) is 9.59 Å². The summed E-state index contributed by atoms with van der Waals surface area (Å²) in [7, 11) is 0. The number of carbonyl (C=O) groups is 2. The van der Waals surface area contributed by atoms with Gasteiger partial charge in [-0.3, -0.25) is 0 Å². The third-order valence-electron chi connectivity index (χ3n) is 2.53. The maximum Gasteiger partial charge on any atom is 0.347 e. The number of halogens is 4. The lowest BCUT2D eigenvalue weighted by molar-refractivity contribution is 0.0398. The zero-order valence-corrected chi connectivity index (χ0v) is 13.2. The first-order chi connectivity index (χ1) is 9.91. The Morgan fingerprint density at radius 1 is 0.714 bits per heavy atom. The molecule has 0 fully saturated rings. The zero-order chi connectivity index (χ0) is 15.6. The van der Waals surface area contributed by atoms with E-state index in [9.17, 15) is 9.59 Å². The summed E-state index contributed by atoms with van der Waals surface area (Å²) in [6.45, 7) is 0. The van der Waals surface area contributed by atoms with Crippen LogP contribution in [-0.4, -0.2) is 11.9 Å². The number of benzene rings is 2. The molecule has 0 aromatic heterocycles. The van der Waals surface area contributed by atoms with E-state index in [1.807, 2.05) is 0 Å². The third-order valence-corrected chi connectivity index (χ3v) is 4.17. The second-order valence-corrected chi connectivity index (χ2v) is 5.45. The van der Waals surface area contributed by atoms with Crippen LogP contribution < -0.4 is 0 Å². The predicted molar refractivity (Wildman–Crippen MR) is 82.7 cm³/mol. The molecule has 2 rings (SSSR count). The van der Waals surface area contributed by atoms with Gasteiger partial charge in [0.2, 0.25) is 0 Å². The molecule has 0 aliphatic carbocycles. The standard InChI is InChI=1S/C14H6Cl4O3/c15-9-5-1-3-7(11(9)17)13(19)21-14(20)8-4-2-6-10(16)12(8)18/h1-6H. The summed E-state index contributed by atoms with van der Waals surface area (Å²) in [4.78, 5) is 23.9. The predicted octanol–water partition coefficient (Wildman–Crippen LogP) is 5.30. The van der Waals surface area contributed by atoms with Crippen molar-refractivity contribution >= 4 is 58.3 Å². The van der Waals surface area contributed by atoms with Crippen molar-refractivity contribution in [3.05, 3.63) is 67.6 Å². The molecule has 7 heteroatoms. The molecule has 0 amide bonds. The van der Waals surface area contributed by atoms with E-state index < -0.39 is 11.9 Å². The summed E-state index contributed by atoms with van der Waals surface area (Å²) in [5, 5.41) is 0.377. The molecule has 0 radical (unpaired) electrons. The van der Waals surface area contributed by atoms with Crippen LogP contribution in [0.3, 0.4) is 0 Å². The lowest BCUT2D eigenvalue weighted by atomic mass is 10.2. The van der Waals surface area contributed by atoms with Crippen molar-refractivity contribution in [2.45, 2.75) is 0 Å². The van der Waals surface area contributed by atoms with E-state index in [2.05, 4.69) is 0 Å². The average molecular weight is 364 g/mol. The fourth-order valence-electron chi connectivity index (χ4n) is 1.52. The number of ether oxygens (including phenoxy) is 1.